The summed E-state index contributed by atoms with van der Waals surface area (Å²) in [7, 11) is 1.28. The van der Waals surface area contributed by atoms with Crippen molar-refractivity contribution in [2.24, 2.45) is 11.8 Å². The van der Waals surface area contributed by atoms with Crippen molar-refractivity contribution >= 4 is 12.1 Å². The summed E-state index contributed by atoms with van der Waals surface area (Å²) in [6, 6.07) is 2.10. The lowest BCUT2D eigenvalue weighted by atomic mass is 9.87. The van der Waals surface area contributed by atoms with Crippen molar-refractivity contribution in [3.8, 4) is 6.07 Å². The van der Waals surface area contributed by atoms with Gasteiger partial charge in [-0.25, -0.2) is 4.79 Å². The number of nitrogens with zero attached hydrogens (tertiary/aromatic N) is 2. The van der Waals surface area contributed by atoms with Gasteiger partial charge >= 0.3 is 12.1 Å². The molecule has 1 rings (SSSR count). The van der Waals surface area contributed by atoms with Crippen LogP contribution in [0.2, 0.25) is 0 Å². The third-order valence-corrected chi connectivity index (χ3v) is 2.93. The fourth-order valence-electron chi connectivity index (χ4n) is 1.99. The average molecular weight is 268 g/mol. The van der Waals surface area contributed by atoms with Gasteiger partial charge in [0.1, 0.15) is 5.60 Å². The van der Waals surface area contributed by atoms with Crippen molar-refractivity contribution < 1.29 is 19.1 Å². The minimum atomic E-state index is -0.601. The smallest absolute Gasteiger partial charge is 0.410 e. The van der Waals surface area contributed by atoms with Gasteiger partial charge in [-0.3, -0.25) is 4.79 Å². The van der Waals surface area contributed by atoms with Crippen LogP contribution in [0.5, 0.6) is 0 Å². The fraction of sp³-hybridized carbons (Fsp3) is 0.769. The maximum atomic E-state index is 11.9. The summed E-state index contributed by atoms with van der Waals surface area (Å²) in [4.78, 5) is 25.0. The highest BCUT2D eigenvalue weighted by molar-refractivity contribution is 5.75. The number of hydrogen-bond acceptors (Lipinski definition) is 5. The molecule has 1 aliphatic rings. The Bertz CT molecular complexity index is 394. The van der Waals surface area contributed by atoms with Crippen molar-refractivity contribution in [2.75, 3.05) is 20.2 Å². The van der Waals surface area contributed by atoms with Gasteiger partial charge in [0.25, 0.3) is 0 Å². The van der Waals surface area contributed by atoms with Gasteiger partial charge in [0.05, 0.1) is 25.0 Å². The lowest BCUT2D eigenvalue weighted by Crippen LogP contribution is -2.48. The second kappa shape index (κ2) is 5.91. The highest BCUT2D eigenvalue weighted by atomic mass is 16.6. The van der Waals surface area contributed by atoms with E-state index in [0.717, 1.165) is 0 Å². The number of methoxy groups -OCH3 is 1. The number of hydrogen-bond donors (Lipinski definition) is 0. The van der Waals surface area contributed by atoms with Crippen LogP contribution in [0.15, 0.2) is 0 Å². The SMILES string of the molecule is COC(=O)C1CN(C(=O)OC(C)(C)C)CCC1C#N. The predicted molar refractivity (Wildman–Crippen MR) is 67.0 cm³/mol. The maximum absolute atomic E-state index is 11.9. The zero-order valence-electron chi connectivity index (χ0n) is 11.8. The second-order valence-electron chi connectivity index (χ2n) is 5.58. The molecule has 0 aromatic rings. The number of piperidine rings is 1. The van der Waals surface area contributed by atoms with Crippen LogP contribution in [-0.4, -0.2) is 42.8 Å². The Kier molecular flexibility index (Phi) is 4.76. The summed E-state index contributed by atoms with van der Waals surface area (Å²) >= 11 is 0. The molecule has 1 amide bonds. The van der Waals surface area contributed by atoms with Crippen LogP contribution in [0.1, 0.15) is 27.2 Å². The van der Waals surface area contributed by atoms with Crippen LogP contribution >= 0.6 is 0 Å². The number of nitriles is 1. The van der Waals surface area contributed by atoms with Gasteiger partial charge < -0.3 is 14.4 Å². The van der Waals surface area contributed by atoms with E-state index in [1.54, 1.807) is 20.8 Å². The largest absolute Gasteiger partial charge is 0.469 e. The molecule has 1 saturated heterocycles. The van der Waals surface area contributed by atoms with E-state index < -0.39 is 29.5 Å². The highest BCUT2D eigenvalue weighted by Crippen LogP contribution is 2.25. The van der Waals surface area contributed by atoms with Crippen molar-refractivity contribution in [3.63, 3.8) is 0 Å². The molecule has 0 bridgehead atoms. The zero-order chi connectivity index (χ0) is 14.6. The summed E-state index contributed by atoms with van der Waals surface area (Å²) < 4.78 is 9.94. The first-order chi connectivity index (χ1) is 8.78. The van der Waals surface area contributed by atoms with E-state index in [1.807, 2.05) is 0 Å². The number of carbonyl (C=O) groups excluding carboxylic acids is 2. The molecule has 6 nitrogen and oxygen atoms in total. The minimum Gasteiger partial charge on any atom is -0.469 e. The predicted octanol–water partition coefficient (Wildman–Crippen LogP) is 1.56. The molecule has 1 aliphatic heterocycles. The molecule has 19 heavy (non-hydrogen) atoms. The Labute approximate surface area is 113 Å². The molecule has 0 aromatic carbocycles. The number of amides is 1. The summed E-state index contributed by atoms with van der Waals surface area (Å²) in [5.74, 6) is -1.47. The molecule has 1 fully saturated rings. The molecule has 0 aromatic heterocycles. The van der Waals surface area contributed by atoms with Gasteiger partial charge in [-0.05, 0) is 27.2 Å². The standard InChI is InChI=1S/C13H20N2O4/c1-13(2,3)19-12(17)15-6-5-9(7-14)10(8-15)11(16)18-4/h9-10H,5-6,8H2,1-4H3. The maximum Gasteiger partial charge on any atom is 0.410 e. The molecule has 6 heteroatoms. The number of likely N-dealkylation sites (tertiary alicyclic amines) is 1. The Hall–Kier alpha value is -1.77. The van der Waals surface area contributed by atoms with Gasteiger partial charge in [0, 0.05) is 13.1 Å². The van der Waals surface area contributed by atoms with E-state index in [-0.39, 0.29) is 6.54 Å². The summed E-state index contributed by atoms with van der Waals surface area (Å²) in [6.45, 7) is 5.93. The Morgan fingerprint density at radius 3 is 2.47 bits per heavy atom. The number of ether oxygens (including phenoxy) is 2. The first kappa shape index (κ1) is 15.3. The van der Waals surface area contributed by atoms with Gasteiger partial charge in [0.2, 0.25) is 0 Å². The molecule has 0 spiro atoms. The summed E-state index contributed by atoms with van der Waals surface area (Å²) in [5, 5.41) is 9.02. The van der Waals surface area contributed by atoms with E-state index in [2.05, 4.69) is 10.8 Å². The van der Waals surface area contributed by atoms with Gasteiger partial charge in [0.15, 0.2) is 0 Å². The van der Waals surface area contributed by atoms with Crippen LogP contribution in [0.3, 0.4) is 0 Å². The van der Waals surface area contributed by atoms with Gasteiger partial charge in [-0.2, -0.15) is 5.26 Å². The molecule has 0 saturated carbocycles. The van der Waals surface area contributed by atoms with Crippen LogP contribution in [0, 0.1) is 23.2 Å². The fourth-order valence-corrected chi connectivity index (χ4v) is 1.99. The van der Waals surface area contributed by atoms with E-state index in [9.17, 15) is 9.59 Å². The summed E-state index contributed by atoms with van der Waals surface area (Å²) in [6.07, 6.45) is -0.00650. The van der Waals surface area contributed by atoms with Crippen LogP contribution in [0.4, 0.5) is 4.79 Å². The molecule has 1 heterocycles. The van der Waals surface area contributed by atoms with Crippen molar-refractivity contribution in [3.05, 3.63) is 0 Å². The molecule has 0 aliphatic carbocycles. The Morgan fingerprint density at radius 2 is 2.00 bits per heavy atom. The van der Waals surface area contributed by atoms with Crippen LogP contribution < -0.4 is 0 Å². The third kappa shape index (κ3) is 4.12. The number of carbonyl (C=O) groups is 2. The molecule has 0 radical (unpaired) electrons. The Morgan fingerprint density at radius 1 is 1.37 bits per heavy atom. The highest BCUT2D eigenvalue weighted by Gasteiger charge is 2.38. The first-order valence-electron chi connectivity index (χ1n) is 6.24. The molecular formula is C13H20N2O4. The summed E-state index contributed by atoms with van der Waals surface area (Å²) in [5.41, 5.74) is -0.579. The van der Waals surface area contributed by atoms with E-state index in [0.29, 0.717) is 13.0 Å². The molecule has 0 N–H and O–H groups in total. The normalized spacial score (nSPS) is 23.4. The van der Waals surface area contributed by atoms with E-state index in [1.165, 1.54) is 12.0 Å². The van der Waals surface area contributed by atoms with E-state index >= 15 is 0 Å². The van der Waals surface area contributed by atoms with Crippen molar-refractivity contribution in [2.45, 2.75) is 32.8 Å². The first-order valence-corrected chi connectivity index (χ1v) is 6.24. The second-order valence-corrected chi connectivity index (χ2v) is 5.58. The van der Waals surface area contributed by atoms with Crippen LogP contribution in [-0.2, 0) is 14.3 Å². The Balaban J connectivity index is 2.73. The number of rotatable bonds is 1. The van der Waals surface area contributed by atoms with Crippen molar-refractivity contribution in [1.82, 2.24) is 4.90 Å². The topological polar surface area (TPSA) is 79.6 Å². The lowest BCUT2D eigenvalue weighted by Gasteiger charge is -2.35. The monoisotopic (exact) mass is 268 g/mol. The number of esters is 1. The lowest BCUT2D eigenvalue weighted by molar-refractivity contribution is -0.148. The minimum absolute atomic E-state index is 0.166. The quantitative estimate of drug-likeness (QED) is 0.674. The average Bonchev–Trinajstić information content (AvgIpc) is 2.35. The van der Waals surface area contributed by atoms with Crippen molar-refractivity contribution in [1.29, 1.82) is 5.26 Å². The molecular weight excluding hydrogens is 248 g/mol. The molecule has 106 valence electrons. The third-order valence-electron chi connectivity index (χ3n) is 2.93. The zero-order valence-corrected chi connectivity index (χ0v) is 11.8. The van der Waals surface area contributed by atoms with Gasteiger partial charge in [-0.15, -0.1) is 0 Å². The van der Waals surface area contributed by atoms with Crippen LogP contribution in [0.25, 0.3) is 0 Å². The van der Waals surface area contributed by atoms with E-state index in [4.69, 9.17) is 10.00 Å². The molecule has 2 atom stereocenters. The molecule has 2 unspecified atom stereocenters. The van der Waals surface area contributed by atoms with Gasteiger partial charge in [-0.1, -0.05) is 0 Å².